The molecule has 1 aromatic carbocycles. The van der Waals surface area contributed by atoms with Crippen molar-refractivity contribution in [2.75, 3.05) is 7.11 Å². The highest BCUT2D eigenvalue weighted by Gasteiger charge is 2.24. The molecule has 0 bridgehead atoms. The van der Waals surface area contributed by atoms with Crippen LogP contribution in [0.25, 0.3) is 10.9 Å². The molecule has 2 heterocycles. The van der Waals surface area contributed by atoms with Crippen molar-refractivity contribution in [1.29, 1.82) is 0 Å². The highest BCUT2D eigenvalue weighted by molar-refractivity contribution is 5.86. The van der Waals surface area contributed by atoms with Crippen LogP contribution >= 0.6 is 0 Å². The lowest BCUT2D eigenvalue weighted by atomic mass is 10.0. The van der Waals surface area contributed by atoms with Gasteiger partial charge in [0.05, 0.1) is 18.8 Å². The van der Waals surface area contributed by atoms with Gasteiger partial charge >= 0.3 is 0 Å². The zero-order valence-electron chi connectivity index (χ0n) is 11.5. The van der Waals surface area contributed by atoms with Gasteiger partial charge in [0.2, 0.25) is 0 Å². The largest absolute Gasteiger partial charge is 0.497 e. The number of nitrogens with zero attached hydrogens (tertiary/aromatic N) is 1. The lowest BCUT2D eigenvalue weighted by molar-refractivity contribution is 0.217. The number of rotatable bonds is 4. The molecule has 1 unspecified atom stereocenters. The first-order valence-electron chi connectivity index (χ1n) is 6.94. The van der Waals surface area contributed by atoms with Gasteiger partial charge in [-0.2, -0.15) is 0 Å². The summed E-state index contributed by atoms with van der Waals surface area (Å²) in [6.45, 7) is 2.21. The average Bonchev–Trinajstić information content (AvgIpc) is 2.87. The summed E-state index contributed by atoms with van der Waals surface area (Å²) < 4.78 is 11.3. The van der Waals surface area contributed by atoms with Crippen molar-refractivity contribution >= 4 is 10.9 Å². The fourth-order valence-corrected chi connectivity index (χ4v) is 2.69. The molecule has 0 aliphatic carbocycles. The van der Waals surface area contributed by atoms with Crippen molar-refractivity contribution in [2.24, 2.45) is 0 Å². The second-order valence-corrected chi connectivity index (χ2v) is 5.07. The number of fused-ring (bicyclic) bond motifs is 3. The minimum Gasteiger partial charge on any atom is -0.497 e. The lowest BCUT2D eigenvalue weighted by Crippen LogP contribution is -2.12. The van der Waals surface area contributed by atoms with Gasteiger partial charge < -0.3 is 9.47 Å². The Morgan fingerprint density at radius 2 is 2.32 bits per heavy atom. The first-order valence-corrected chi connectivity index (χ1v) is 6.94. The molecule has 0 fully saturated rings. The Balaban J connectivity index is 1.97. The van der Waals surface area contributed by atoms with Crippen molar-refractivity contribution < 1.29 is 9.47 Å². The summed E-state index contributed by atoms with van der Waals surface area (Å²) in [5.41, 5.74) is 2.30. The molecule has 1 aliphatic rings. The molecule has 0 saturated carbocycles. The average molecular weight is 257 g/mol. The second kappa shape index (κ2) is 5.08. The van der Waals surface area contributed by atoms with E-state index in [1.54, 1.807) is 7.11 Å². The van der Waals surface area contributed by atoms with E-state index in [1.165, 1.54) is 18.4 Å². The summed E-state index contributed by atoms with van der Waals surface area (Å²) >= 11 is 0. The Morgan fingerprint density at radius 1 is 1.42 bits per heavy atom. The van der Waals surface area contributed by atoms with E-state index < -0.39 is 0 Å². The second-order valence-electron chi connectivity index (χ2n) is 5.07. The Bertz CT molecular complexity index is 595. The molecule has 100 valence electrons. The van der Waals surface area contributed by atoms with Crippen LogP contribution in [0.15, 0.2) is 24.4 Å². The summed E-state index contributed by atoms with van der Waals surface area (Å²) in [7, 11) is 1.69. The van der Waals surface area contributed by atoms with E-state index in [1.807, 2.05) is 18.3 Å². The number of hydrogen-bond acceptors (Lipinski definition) is 3. The molecule has 1 aliphatic heterocycles. The number of aromatic nitrogens is 1. The fourth-order valence-electron chi connectivity index (χ4n) is 2.69. The number of methoxy groups -OCH3 is 1. The number of ether oxygens (including phenoxy) is 2. The Morgan fingerprint density at radius 3 is 3.11 bits per heavy atom. The summed E-state index contributed by atoms with van der Waals surface area (Å²) in [6.07, 6.45) is 6.71. The molecule has 3 nitrogen and oxygen atoms in total. The van der Waals surface area contributed by atoms with Crippen LogP contribution in [0.5, 0.6) is 11.5 Å². The summed E-state index contributed by atoms with van der Waals surface area (Å²) in [5, 5.41) is 1.16. The summed E-state index contributed by atoms with van der Waals surface area (Å²) in [6, 6.07) is 6.02. The first kappa shape index (κ1) is 12.3. The van der Waals surface area contributed by atoms with Gasteiger partial charge in [-0.15, -0.1) is 0 Å². The van der Waals surface area contributed by atoms with Crippen LogP contribution in [0.4, 0.5) is 0 Å². The summed E-state index contributed by atoms with van der Waals surface area (Å²) in [5.74, 6) is 1.82. The zero-order valence-corrected chi connectivity index (χ0v) is 11.5. The van der Waals surface area contributed by atoms with Gasteiger partial charge in [-0.3, -0.25) is 4.98 Å². The molecule has 0 N–H and O–H groups in total. The number of pyridine rings is 1. The molecule has 0 saturated heterocycles. The molecular formula is C16H19NO2. The Hall–Kier alpha value is -1.77. The van der Waals surface area contributed by atoms with E-state index >= 15 is 0 Å². The van der Waals surface area contributed by atoms with E-state index in [0.29, 0.717) is 6.10 Å². The third-order valence-corrected chi connectivity index (χ3v) is 3.75. The zero-order chi connectivity index (χ0) is 13.2. The molecule has 1 aromatic heterocycles. The van der Waals surface area contributed by atoms with Crippen LogP contribution < -0.4 is 9.47 Å². The van der Waals surface area contributed by atoms with Crippen molar-refractivity contribution in [2.45, 2.75) is 38.7 Å². The molecule has 3 heteroatoms. The highest BCUT2D eigenvalue weighted by atomic mass is 16.5. The molecule has 3 rings (SSSR count). The van der Waals surface area contributed by atoms with E-state index in [4.69, 9.17) is 9.47 Å². The first-order chi connectivity index (χ1) is 9.31. The van der Waals surface area contributed by atoms with Crippen molar-refractivity contribution in [1.82, 2.24) is 4.98 Å². The van der Waals surface area contributed by atoms with Gasteiger partial charge in [0.1, 0.15) is 17.6 Å². The minimum absolute atomic E-state index is 0.313. The van der Waals surface area contributed by atoms with Gasteiger partial charge in [0, 0.05) is 17.4 Å². The third-order valence-electron chi connectivity index (χ3n) is 3.75. The maximum absolute atomic E-state index is 5.99. The van der Waals surface area contributed by atoms with Gasteiger partial charge in [0.25, 0.3) is 0 Å². The van der Waals surface area contributed by atoms with Gasteiger partial charge in [-0.05, 0) is 24.6 Å². The van der Waals surface area contributed by atoms with Gasteiger partial charge in [-0.25, -0.2) is 0 Å². The van der Waals surface area contributed by atoms with Crippen molar-refractivity contribution in [3.63, 3.8) is 0 Å². The van der Waals surface area contributed by atoms with E-state index in [2.05, 4.69) is 18.0 Å². The highest BCUT2D eigenvalue weighted by Crippen LogP contribution is 2.36. The summed E-state index contributed by atoms with van der Waals surface area (Å²) in [4.78, 5) is 4.46. The normalized spacial score (nSPS) is 17.3. The Kier molecular flexibility index (Phi) is 3.28. The van der Waals surface area contributed by atoms with Crippen LogP contribution in [0.3, 0.4) is 0 Å². The molecule has 0 spiro atoms. The fraction of sp³-hybridized carbons (Fsp3) is 0.438. The SMILES string of the molecule is CCCCC1Cc2c(cnc3ccc(OC)cc23)O1. The quantitative estimate of drug-likeness (QED) is 0.836. The maximum atomic E-state index is 5.99. The smallest absolute Gasteiger partial charge is 0.141 e. The van der Waals surface area contributed by atoms with Crippen LogP contribution in [-0.4, -0.2) is 18.2 Å². The molecule has 19 heavy (non-hydrogen) atoms. The molecule has 0 amide bonds. The number of benzene rings is 1. The van der Waals surface area contributed by atoms with E-state index in [-0.39, 0.29) is 0 Å². The lowest BCUT2D eigenvalue weighted by Gasteiger charge is -2.08. The standard InChI is InChI=1S/C16H19NO2/c1-3-4-5-12-9-14-13-8-11(18-2)6-7-15(13)17-10-16(14)19-12/h6-8,10,12H,3-5,9H2,1-2H3. The predicted octanol–water partition coefficient (Wildman–Crippen LogP) is 3.74. The number of unbranched alkanes of at least 4 members (excludes halogenated alkanes) is 1. The third kappa shape index (κ3) is 2.25. The molecule has 2 aromatic rings. The van der Waals surface area contributed by atoms with Gasteiger partial charge in [-0.1, -0.05) is 19.8 Å². The van der Waals surface area contributed by atoms with Crippen LogP contribution in [0.2, 0.25) is 0 Å². The van der Waals surface area contributed by atoms with Crippen LogP contribution in [0, 0.1) is 0 Å². The molecular weight excluding hydrogens is 238 g/mol. The maximum Gasteiger partial charge on any atom is 0.141 e. The van der Waals surface area contributed by atoms with Crippen LogP contribution in [0.1, 0.15) is 31.7 Å². The minimum atomic E-state index is 0.313. The molecule has 0 radical (unpaired) electrons. The van der Waals surface area contributed by atoms with E-state index in [0.717, 1.165) is 35.2 Å². The van der Waals surface area contributed by atoms with Gasteiger partial charge in [0.15, 0.2) is 0 Å². The van der Waals surface area contributed by atoms with E-state index in [9.17, 15) is 0 Å². The predicted molar refractivity (Wildman–Crippen MR) is 75.9 cm³/mol. The van der Waals surface area contributed by atoms with Crippen molar-refractivity contribution in [3.8, 4) is 11.5 Å². The number of hydrogen-bond donors (Lipinski definition) is 0. The monoisotopic (exact) mass is 257 g/mol. The molecule has 1 atom stereocenters. The Labute approximate surface area is 113 Å². The topological polar surface area (TPSA) is 31.4 Å². The van der Waals surface area contributed by atoms with Crippen LogP contribution in [-0.2, 0) is 6.42 Å². The van der Waals surface area contributed by atoms with Crippen molar-refractivity contribution in [3.05, 3.63) is 30.0 Å².